The van der Waals surface area contributed by atoms with E-state index >= 15 is 0 Å². The van der Waals surface area contributed by atoms with E-state index in [0.29, 0.717) is 6.42 Å². The highest BCUT2D eigenvalue weighted by Gasteiger charge is 2.21. The van der Waals surface area contributed by atoms with Crippen LogP contribution < -0.4 is 0 Å². The Kier molecular flexibility index (Phi) is 19.9. The predicted molar refractivity (Wildman–Crippen MR) is 119 cm³/mol. The summed E-state index contributed by atoms with van der Waals surface area (Å²) in [5.41, 5.74) is 0. The van der Waals surface area contributed by atoms with Crippen molar-refractivity contribution in [2.75, 3.05) is 13.2 Å². The molecular formula is C24H44O6. The molecule has 0 aromatic heterocycles. The molecule has 0 bridgehead atoms. The Morgan fingerprint density at radius 2 is 1.43 bits per heavy atom. The predicted octanol–water partition coefficient (Wildman–Crippen LogP) is 5.01. The highest BCUT2D eigenvalue weighted by Crippen LogP contribution is 2.19. The maximum absolute atomic E-state index is 12.1. The van der Waals surface area contributed by atoms with Crippen LogP contribution >= 0.6 is 0 Å². The number of aliphatic hydroxyl groups excluding tert-OH is 2. The van der Waals surface area contributed by atoms with Gasteiger partial charge in [0.05, 0.1) is 12.5 Å². The van der Waals surface area contributed by atoms with Crippen LogP contribution in [0.5, 0.6) is 0 Å². The van der Waals surface area contributed by atoms with Crippen LogP contribution in [0.2, 0.25) is 0 Å². The summed E-state index contributed by atoms with van der Waals surface area (Å²) >= 11 is 0. The maximum Gasteiger partial charge on any atom is 0.309 e. The van der Waals surface area contributed by atoms with Gasteiger partial charge >= 0.3 is 11.9 Å². The van der Waals surface area contributed by atoms with E-state index in [2.05, 4.69) is 19.1 Å². The summed E-state index contributed by atoms with van der Waals surface area (Å²) in [6, 6.07) is 0. The van der Waals surface area contributed by atoms with Crippen molar-refractivity contribution < 1.29 is 29.6 Å². The number of carbonyl (C=O) groups excluding carboxylic acids is 1. The Labute approximate surface area is 182 Å². The topological polar surface area (TPSA) is 104 Å². The Morgan fingerprint density at radius 3 is 2.00 bits per heavy atom. The fraction of sp³-hybridized carbons (Fsp3) is 0.833. The van der Waals surface area contributed by atoms with Crippen molar-refractivity contribution in [1.29, 1.82) is 0 Å². The summed E-state index contributed by atoms with van der Waals surface area (Å²) in [5.74, 6) is -1.89. The summed E-state index contributed by atoms with van der Waals surface area (Å²) in [5, 5.41) is 26.9. The molecular weight excluding hydrogens is 384 g/mol. The SMILES string of the molecule is CCCCCCCCC=CCCCCCCC(CCC(=O)O)C(=O)OCC(O)CO. The lowest BCUT2D eigenvalue weighted by molar-refractivity contribution is -0.153. The van der Waals surface area contributed by atoms with Gasteiger partial charge in [0, 0.05) is 6.42 Å². The van der Waals surface area contributed by atoms with E-state index in [9.17, 15) is 14.7 Å². The van der Waals surface area contributed by atoms with Crippen molar-refractivity contribution in [3.05, 3.63) is 12.2 Å². The molecule has 6 nitrogen and oxygen atoms in total. The van der Waals surface area contributed by atoms with Gasteiger partial charge in [-0.25, -0.2) is 0 Å². The van der Waals surface area contributed by atoms with E-state index in [0.717, 1.165) is 32.1 Å². The first-order chi connectivity index (χ1) is 14.5. The van der Waals surface area contributed by atoms with Crippen LogP contribution in [0.4, 0.5) is 0 Å². The number of unbranched alkanes of at least 4 members (excludes halogenated alkanes) is 10. The molecule has 0 aliphatic carbocycles. The molecule has 0 fully saturated rings. The van der Waals surface area contributed by atoms with Gasteiger partial charge in [0.2, 0.25) is 0 Å². The summed E-state index contributed by atoms with van der Waals surface area (Å²) in [4.78, 5) is 22.9. The number of esters is 1. The van der Waals surface area contributed by atoms with E-state index < -0.39 is 30.6 Å². The van der Waals surface area contributed by atoms with E-state index in [1.165, 1.54) is 44.9 Å². The van der Waals surface area contributed by atoms with Gasteiger partial charge in [-0.15, -0.1) is 0 Å². The van der Waals surface area contributed by atoms with Gasteiger partial charge in [0.25, 0.3) is 0 Å². The summed E-state index contributed by atoms with van der Waals surface area (Å²) < 4.78 is 5.01. The molecule has 0 amide bonds. The third kappa shape index (κ3) is 18.6. The average molecular weight is 429 g/mol. The van der Waals surface area contributed by atoms with Crippen LogP contribution in [0.1, 0.15) is 103 Å². The second kappa shape index (κ2) is 20.9. The zero-order valence-corrected chi connectivity index (χ0v) is 18.9. The molecule has 0 spiro atoms. The molecule has 0 aliphatic rings. The molecule has 0 aliphatic heterocycles. The number of carboxylic acid groups (broad SMARTS) is 1. The number of carboxylic acids is 1. The van der Waals surface area contributed by atoms with Gasteiger partial charge in [-0.3, -0.25) is 9.59 Å². The second-order valence-electron chi connectivity index (χ2n) is 8.12. The Morgan fingerprint density at radius 1 is 0.867 bits per heavy atom. The summed E-state index contributed by atoms with van der Waals surface area (Å²) in [7, 11) is 0. The lowest BCUT2D eigenvalue weighted by Crippen LogP contribution is -2.26. The molecule has 0 saturated heterocycles. The fourth-order valence-corrected chi connectivity index (χ4v) is 3.31. The van der Waals surface area contributed by atoms with Gasteiger partial charge < -0.3 is 20.1 Å². The Hall–Kier alpha value is -1.40. The van der Waals surface area contributed by atoms with Gasteiger partial charge in [0.15, 0.2) is 0 Å². The highest BCUT2D eigenvalue weighted by molar-refractivity contribution is 5.74. The van der Waals surface area contributed by atoms with Crippen molar-refractivity contribution in [3.8, 4) is 0 Å². The standard InChI is InChI=1S/C24H44O6/c1-2-3-4-5-6-7-8-9-10-11-12-13-14-15-16-21(17-18-23(27)28)24(29)30-20-22(26)19-25/h9-10,21-22,25-26H,2-8,11-20H2,1H3,(H,27,28). The molecule has 0 rings (SSSR count). The first kappa shape index (κ1) is 28.6. The molecule has 3 N–H and O–H groups in total. The van der Waals surface area contributed by atoms with Crippen LogP contribution in [-0.4, -0.2) is 46.6 Å². The molecule has 0 saturated carbocycles. The number of allylic oxidation sites excluding steroid dienone is 2. The van der Waals surface area contributed by atoms with E-state index in [-0.39, 0.29) is 19.4 Å². The lowest BCUT2D eigenvalue weighted by atomic mass is 9.95. The van der Waals surface area contributed by atoms with E-state index in [4.69, 9.17) is 14.9 Å². The Balaban J connectivity index is 3.84. The average Bonchev–Trinajstić information content (AvgIpc) is 2.73. The lowest BCUT2D eigenvalue weighted by Gasteiger charge is -2.16. The van der Waals surface area contributed by atoms with Crippen LogP contribution in [0.15, 0.2) is 12.2 Å². The van der Waals surface area contributed by atoms with Crippen molar-refractivity contribution >= 4 is 11.9 Å². The maximum atomic E-state index is 12.1. The summed E-state index contributed by atoms with van der Waals surface area (Å²) in [6.45, 7) is 1.51. The van der Waals surface area contributed by atoms with Crippen LogP contribution in [-0.2, 0) is 14.3 Å². The van der Waals surface area contributed by atoms with E-state index in [1.807, 2.05) is 0 Å². The first-order valence-electron chi connectivity index (χ1n) is 11.8. The molecule has 2 unspecified atom stereocenters. The third-order valence-corrected chi connectivity index (χ3v) is 5.23. The fourth-order valence-electron chi connectivity index (χ4n) is 3.31. The second-order valence-corrected chi connectivity index (χ2v) is 8.12. The van der Waals surface area contributed by atoms with Gasteiger partial charge in [-0.05, 0) is 38.5 Å². The largest absolute Gasteiger partial charge is 0.481 e. The number of ether oxygens (including phenoxy) is 1. The monoisotopic (exact) mass is 428 g/mol. The van der Waals surface area contributed by atoms with Gasteiger partial charge in [0.1, 0.15) is 12.7 Å². The minimum Gasteiger partial charge on any atom is -0.481 e. The molecule has 176 valence electrons. The Bertz CT molecular complexity index is 449. The molecule has 30 heavy (non-hydrogen) atoms. The number of hydrogen-bond donors (Lipinski definition) is 3. The molecule has 0 aromatic rings. The van der Waals surface area contributed by atoms with Crippen molar-refractivity contribution in [2.24, 2.45) is 5.92 Å². The summed E-state index contributed by atoms with van der Waals surface area (Å²) in [6.07, 6.45) is 18.5. The van der Waals surface area contributed by atoms with Crippen LogP contribution in [0.25, 0.3) is 0 Å². The van der Waals surface area contributed by atoms with Crippen LogP contribution in [0, 0.1) is 5.92 Å². The first-order valence-corrected chi connectivity index (χ1v) is 11.8. The number of hydrogen-bond acceptors (Lipinski definition) is 5. The van der Waals surface area contributed by atoms with Crippen LogP contribution in [0.3, 0.4) is 0 Å². The van der Waals surface area contributed by atoms with Gasteiger partial charge in [-0.1, -0.05) is 70.4 Å². The van der Waals surface area contributed by atoms with E-state index in [1.54, 1.807) is 0 Å². The quantitative estimate of drug-likeness (QED) is 0.135. The molecule has 0 heterocycles. The molecule has 2 atom stereocenters. The molecule has 6 heteroatoms. The molecule has 0 radical (unpaired) electrons. The number of aliphatic carboxylic acids is 1. The number of carbonyl (C=O) groups is 2. The highest BCUT2D eigenvalue weighted by atomic mass is 16.5. The van der Waals surface area contributed by atoms with Crippen molar-refractivity contribution in [1.82, 2.24) is 0 Å². The smallest absolute Gasteiger partial charge is 0.309 e. The van der Waals surface area contributed by atoms with Gasteiger partial charge in [-0.2, -0.15) is 0 Å². The number of aliphatic hydroxyl groups is 2. The van der Waals surface area contributed by atoms with Crippen molar-refractivity contribution in [2.45, 2.75) is 109 Å². The normalized spacial score (nSPS) is 13.4. The molecule has 0 aromatic carbocycles. The third-order valence-electron chi connectivity index (χ3n) is 5.23. The minimum absolute atomic E-state index is 0.0777. The minimum atomic E-state index is -1.09. The zero-order valence-electron chi connectivity index (χ0n) is 18.9. The zero-order chi connectivity index (χ0) is 22.5. The van der Waals surface area contributed by atoms with Crippen molar-refractivity contribution in [3.63, 3.8) is 0 Å². The number of rotatable bonds is 21.